The highest BCUT2D eigenvalue weighted by molar-refractivity contribution is 7.91. The third kappa shape index (κ3) is 4.20. The molecule has 0 aliphatic rings. The van der Waals surface area contributed by atoms with Gasteiger partial charge in [-0.2, -0.15) is 18.3 Å². The van der Waals surface area contributed by atoms with Gasteiger partial charge in [0.05, 0.1) is 22.4 Å². The fraction of sp³-hybridized carbons (Fsp3) is 0.238. The van der Waals surface area contributed by atoms with Gasteiger partial charge in [-0.05, 0) is 42.5 Å². The number of nitrogens with one attached hydrogen (secondary N) is 1. The van der Waals surface area contributed by atoms with E-state index in [-0.39, 0.29) is 17.9 Å². The fourth-order valence-electron chi connectivity index (χ4n) is 3.46. The minimum atomic E-state index is -4.43. The maximum atomic E-state index is 13.0. The molecule has 1 unspecified atom stereocenters. The summed E-state index contributed by atoms with van der Waals surface area (Å²) in [6.07, 6.45) is -1.40. The average Bonchev–Trinajstić information content (AvgIpc) is 3.20. The number of hydrogen-bond donors (Lipinski definition) is 1. The minimum absolute atomic E-state index is 0.0574. The summed E-state index contributed by atoms with van der Waals surface area (Å²) in [6, 6.07) is 9.64. The summed E-state index contributed by atoms with van der Waals surface area (Å²) < 4.78 is 66.1. The molecular formula is C21H19F3N4O3S. The first kappa shape index (κ1) is 21.9. The lowest BCUT2D eigenvalue weighted by Gasteiger charge is -2.10. The number of esters is 1. The van der Waals surface area contributed by atoms with E-state index >= 15 is 0 Å². The van der Waals surface area contributed by atoms with E-state index in [1.807, 2.05) is 0 Å². The second-order valence-electron chi connectivity index (χ2n) is 7.50. The predicted octanol–water partition coefficient (Wildman–Crippen LogP) is 4.37. The van der Waals surface area contributed by atoms with Crippen LogP contribution in [-0.2, 0) is 27.7 Å². The summed E-state index contributed by atoms with van der Waals surface area (Å²) in [6.45, 7) is -0.134. The van der Waals surface area contributed by atoms with E-state index in [0.717, 1.165) is 17.5 Å². The number of carbonyl (C=O) groups excluding carboxylic acids is 1. The number of hydrogen-bond acceptors (Lipinski definition) is 5. The molecule has 0 aliphatic heterocycles. The molecule has 0 bridgehead atoms. The largest absolute Gasteiger partial charge is 0.461 e. The van der Waals surface area contributed by atoms with Crippen molar-refractivity contribution in [3.05, 3.63) is 59.8 Å². The normalized spacial score (nSPS) is 14.0. The van der Waals surface area contributed by atoms with Crippen molar-refractivity contribution in [3.8, 4) is 5.69 Å². The summed E-state index contributed by atoms with van der Waals surface area (Å²) in [5.74, 6) is -0.673. The lowest BCUT2D eigenvalue weighted by atomic mass is 10.1. The molecule has 32 heavy (non-hydrogen) atoms. The zero-order valence-corrected chi connectivity index (χ0v) is 18.0. The number of rotatable bonds is 5. The van der Waals surface area contributed by atoms with Crippen LogP contribution in [0.1, 0.15) is 15.9 Å². The van der Waals surface area contributed by atoms with Gasteiger partial charge in [0.2, 0.25) is 0 Å². The Morgan fingerprint density at radius 2 is 1.84 bits per heavy atom. The molecule has 0 aliphatic carbocycles. The van der Waals surface area contributed by atoms with Crippen molar-refractivity contribution in [2.75, 3.05) is 18.6 Å². The van der Waals surface area contributed by atoms with Crippen LogP contribution in [0.4, 0.5) is 13.2 Å². The second kappa shape index (κ2) is 7.66. The SMILES string of the molecule is Cn1cc2c3cc(C(=O)OCCS(C)(=N)=O)ccc3n(-c3ccc(C(F)(F)F)cc3)c2n1. The van der Waals surface area contributed by atoms with E-state index in [2.05, 4.69) is 5.10 Å². The molecular weight excluding hydrogens is 445 g/mol. The average molecular weight is 464 g/mol. The molecule has 0 saturated carbocycles. The molecule has 1 atom stereocenters. The van der Waals surface area contributed by atoms with Crippen LogP contribution in [0, 0.1) is 4.78 Å². The van der Waals surface area contributed by atoms with E-state index in [1.54, 1.807) is 40.7 Å². The Morgan fingerprint density at radius 1 is 1.16 bits per heavy atom. The lowest BCUT2D eigenvalue weighted by molar-refractivity contribution is -0.137. The number of aryl methyl sites for hydroxylation is 1. The highest BCUT2D eigenvalue weighted by atomic mass is 32.2. The highest BCUT2D eigenvalue weighted by Gasteiger charge is 2.30. The summed E-state index contributed by atoms with van der Waals surface area (Å²) in [7, 11) is -1.04. The van der Waals surface area contributed by atoms with E-state index in [1.165, 1.54) is 18.4 Å². The summed E-state index contributed by atoms with van der Waals surface area (Å²) >= 11 is 0. The van der Waals surface area contributed by atoms with Gasteiger partial charge in [-0.3, -0.25) is 18.2 Å². The van der Waals surface area contributed by atoms with Crippen molar-refractivity contribution >= 4 is 37.6 Å². The summed E-state index contributed by atoms with van der Waals surface area (Å²) in [4.78, 5) is 12.4. The van der Waals surface area contributed by atoms with Crippen LogP contribution >= 0.6 is 0 Å². The quantitative estimate of drug-likeness (QED) is 0.444. The third-order valence-corrected chi connectivity index (χ3v) is 5.89. The Labute approximate surface area is 181 Å². The number of nitrogens with zero attached hydrogens (tertiary/aromatic N) is 3. The first-order valence-electron chi connectivity index (χ1n) is 9.48. The van der Waals surface area contributed by atoms with Gasteiger partial charge in [-0.15, -0.1) is 0 Å². The van der Waals surface area contributed by atoms with Gasteiger partial charge in [-0.1, -0.05) is 0 Å². The van der Waals surface area contributed by atoms with Gasteiger partial charge >= 0.3 is 12.1 Å². The molecule has 0 saturated heterocycles. The monoisotopic (exact) mass is 464 g/mol. The molecule has 7 nitrogen and oxygen atoms in total. The summed E-state index contributed by atoms with van der Waals surface area (Å²) in [5, 5.41) is 5.84. The van der Waals surface area contributed by atoms with Gasteiger partial charge in [0.15, 0.2) is 5.65 Å². The van der Waals surface area contributed by atoms with Crippen LogP contribution in [0.25, 0.3) is 27.6 Å². The van der Waals surface area contributed by atoms with Crippen molar-refractivity contribution in [1.29, 1.82) is 4.78 Å². The Kier molecular flexibility index (Phi) is 5.24. The van der Waals surface area contributed by atoms with Crippen molar-refractivity contribution in [3.63, 3.8) is 0 Å². The van der Waals surface area contributed by atoms with Crippen LogP contribution < -0.4 is 0 Å². The molecule has 4 aromatic rings. The van der Waals surface area contributed by atoms with Crippen molar-refractivity contribution in [2.24, 2.45) is 7.05 Å². The van der Waals surface area contributed by atoms with Crippen molar-refractivity contribution in [1.82, 2.24) is 14.3 Å². The highest BCUT2D eigenvalue weighted by Crippen LogP contribution is 2.34. The molecule has 11 heteroatoms. The molecule has 0 fully saturated rings. The predicted molar refractivity (Wildman–Crippen MR) is 114 cm³/mol. The molecule has 1 N–H and O–H groups in total. The molecule has 2 aromatic heterocycles. The Bertz CT molecular complexity index is 1440. The van der Waals surface area contributed by atoms with Gasteiger partial charge < -0.3 is 4.74 Å². The maximum absolute atomic E-state index is 13.0. The topological polar surface area (TPSA) is 90.0 Å². The van der Waals surface area contributed by atoms with E-state index in [0.29, 0.717) is 22.2 Å². The molecule has 2 heterocycles. The first-order valence-corrected chi connectivity index (χ1v) is 11.6. The Morgan fingerprint density at radius 3 is 2.47 bits per heavy atom. The second-order valence-corrected chi connectivity index (χ2v) is 9.92. The first-order chi connectivity index (χ1) is 14.9. The molecule has 0 amide bonds. The zero-order valence-electron chi connectivity index (χ0n) is 17.1. The maximum Gasteiger partial charge on any atom is 0.416 e. The number of ether oxygens (including phenoxy) is 1. The van der Waals surface area contributed by atoms with Gasteiger partial charge in [0.1, 0.15) is 6.61 Å². The van der Waals surface area contributed by atoms with Crippen LogP contribution in [0.15, 0.2) is 48.7 Å². The van der Waals surface area contributed by atoms with Crippen LogP contribution in [0.5, 0.6) is 0 Å². The Balaban J connectivity index is 1.77. The number of alkyl halides is 3. The molecule has 0 radical (unpaired) electrons. The van der Waals surface area contributed by atoms with Gasteiger partial charge in [-0.25, -0.2) is 4.79 Å². The van der Waals surface area contributed by atoms with Crippen molar-refractivity contribution in [2.45, 2.75) is 6.18 Å². The van der Waals surface area contributed by atoms with E-state index in [9.17, 15) is 22.2 Å². The number of carbonyl (C=O) groups is 1. The smallest absolute Gasteiger partial charge is 0.416 e. The zero-order chi connectivity index (χ0) is 23.3. The fourth-order valence-corrected chi connectivity index (χ4v) is 3.86. The van der Waals surface area contributed by atoms with Crippen molar-refractivity contribution < 1.29 is 26.9 Å². The third-order valence-electron chi connectivity index (χ3n) is 4.94. The number of halogens is 3. The van der Waals surface area contributed by atoms with E-state index < -0.39 is 27.4 Å². The van der Waals surface area contributed by atoms with Gasteiger partial charge in [0, 0.05) is 45.7 Å². The Hall–Kier alpha value is -3.34. The number of benzene rings is 2. The molecule has 4 rings (SSSR count). The van der Waals surface area contributed by atoms with E-state index in [4.69, 9.17) is 9.52 Å². The lowest BCUT2D eigenvalue weighted by Crippen LogP contribution is -2.13. The van der Waals surface area contributed by atoms with Crippen LogP contribution in [0.2, 0.25) is 0 Å². The minimum Gasteiger partial charge on any atom is -0.461 e. The standard InChI is InChI=1S/C21H19F3N4O3S/c1-27-12-17-16-11-13(20(29)31-9-10-32(2,25)30)3-8-18(16)28(19(17)26-27)15-6-4-14(5-7-15)21(22,23)24/h3-8,11-12,25H,9-10H2,1-2H3. The van der Waals surface area contributed by atoms with Crippen LogP contribution in [-0.4, -0.2) is 43.1 Å². The van der Waals surface area contributed by atoms with Gasteiger partial charge in [0.25, 0.3) is 0 Å². The number of fused-ring (bicyclic) bond motifs is 3. The van der Waals surface area contributed by atoms with Crippen LogP contribution in [0.3, 0.4) is 0 Å². The number of aromatic nitrogens is 3. The molecule has 2 aromatic carbocycles. The summed E-state index contributed by atoms with van der Waals surface area (Å²) in [5.41, 5.74) is 1.22. The molecule has 168 valence electrons. The molecule has 0 spiro atoms.